The Balaban J connectivity index is 2.62. The van der Waals surface area contributed by atoms with Crippen molar-refractivity contribution in [3.63, 3.8) is 0 Å². The monoisotopic (exact) mass is 200 g/mol. The molecular formula is C11H12N4. The van der Waals surface area contributed by atoms with Gasteiger partial charge in [0, 0.05) is 7.05 Å². The molecule has 15 heavy (non-hydrogen) atoms. The van der Waals surface area contributed by atoms with Crippen molar-refractivity contribution in [2.45, 2.75) is 13.8 Å². The van der Waals surface area contributed by atoms with E-state index < -0.39 is 0 Å². The number of hydrogen-bond acceptors (Lipinski definition) is 2. The molecule has 3 aromatic rings. The highest BCUT2D eigenvalue weighted by molar-refractivity contribution is 6.00. The summed E-state index contributed by atoms with van der Waals surface area (Å²) in [5.41, 5.74) is 4.19. The van der Waals surface area contributed by atoms with Crippen LogP contribution in [-0.2, 0) is 7.05 Å². The van der Waals surface area contributed by atoms with Gasteiger partial charge in [0.15, 0.2) is 0 Å². The summed E-state index contributed by atoms with van der Waals surface area (Å²) in [6.45, 7) is 3.97. The van der Waals surface area contributed by atoms with Gasteiger partial charge in [-0.15, -0.1) is 0 Å². The molecule has 1 N–H and O–H groups in total. The molecule has 2 aromatic heterocycles. The number of aromatic amines is 1. The molecule has 0 aliphatic carbocycles. The molecule has 1 aromatic carbocycles. The topological polar surface area (TPSA) is 46.5 Å². The van der Waals surface area contributed by atoms with Gasteiger partial charge in [-0.05, 0) is 26.0 Å². The van der Waals surface area contributed by atoms with Crippen LogP contribution in [0.1, 0.15) is 11.6 Å². The Kier molecular flexibility index (Phi) is 1.46. The predicted octanol–water partition coefficient (Wildman–Crippen LogP) is 2.07. The molecule has 2 heterocycles. The van der Waals surface area contributed by atoms with Crippen molar-refractivity contribution >= 4 is 22.1 Å². The van der Waals surface area contributed by atoms with Gasteiger partial charge in [-0.1, -0.05) is 0 Å². The third-order valence-corrected chi connectivity index (χ3v) is 2.83. The molecule has 0 spiro atoms. The zero-order valence-electron chi connectivity index (χ0n) is 9.00. The molecular weight excluding hydrogens is 188 g/mol. The van der Waals surface area contributed by atoms with Crippen LogP contribution in [-0.4, -0.2) is 19.5 Å². The summed E-state index contributed by atoms with van der Waals surface area (Å²) >= 11 is 0. The standard InChI is InChI=1S/C11H12N4/c1-6-12-8-4-5-9-11(10(8)13-6)15(3)7(2)14-9/h4-5H,1-3H3,(H,12,13). The molecule has 0 atom stereocenters. The van der Waals surface area contributed by atoms with E-state index in [-0.39, 0.29) is 0 Å². The van der Waals surface area contributed by atoms with Crippen LogP contribution >= 0.6 is 0 Å². The van der Waals surface area contributed by atoms with E-state index in [0.29, 0.717) is 0 Å². The van der Waals surface area contributed by atoms with Crippen molar-refractivity contribution in [2.75, 3.05) is 0 Å². The minimum atomic E-state index is 0.941. The van der Waals surface area contributed by atoms with Crippen LogP contribution in [0.4, 0.5) is 0 Å². The zero-order chi connectivity index (χ0) is 10.6. The molecule has 76 valence electrons. The van der Waals surface area contributed by atoms with E-state index in [1.54, 1.807) is 0 Å². The molecule has 3 rings (SSSR count). The van der Waals surface area contributed by atoms with E-state index in [1.807, 2.05) is 33.0 Å². The maximum Gasteiger partial charge on any atom is 0.114 e. The maximum atomic E-state index is 4.50. The number of imidazole rings is 2. The molecule has 4 nitrogen and oxygen atoms in total. The maximum absolute atomic E-state index is 4.50. The van der Waals surface area contributed by atoms with E-state index >= 15 is 0 Å². The lowest BCUT2D eigenvalue weighted by atomic mass is 10.2. The predicted molar refractivity (Wildman–Crippen MR) is 59.8 cm³/mol. The van der Waals surface area contributed by atoms with E-state index in [0.717, 1.165) is 33.7 Å². The van der Waals surface area contributed by atoms with Crippen molar-refractivity contribution in [3.8, 4) is 0 Å². The fourth-order valence-electron chi connectivity index (χ4n) is 2.01. The summed E-state index contributed by atoms with van der Waals surface area (Å²) in [4.78, 5) is 12.2. The van der Waals surface area contributed by atoms with Crippen LogP contribution in [0.15, 0.2) is 12.1 Å². The number of nitrogens with one attached hydrogen (secondary N) is 1. The molecule has 0 radical (unpaired) electrons. The summed E-state index contributed by atoms with van der Waals surface area (Å²) in [5.74, 6) is 1.95. The third kappa shape index (κ3) is 1.02. The van der Waals surface area contributed by atoms with Crippen LogP contribution in [0.5, 0.6) is 0 Å². The number of benzene rings is 1. The summed E-state index contributed by atoms with van der Waals surface area (Å²) in [6, 6.07) is 4.06. The van der Waals surface area contributed by atoms with E-state index in [4.69, 9.17) is 0 Å². The average Bonchev–Trinajstić information content (AvgIpc) is 2.68. The Morgan fingerprint density at radius 3 is 2.80 bits per heavy atom. The van der Waals surface area contributed by atoms with Crippen molar-refractivity contribution in [1.29, 1.82) is 0 Å². The second kappa shape index (κ2) is 2.59. The van der Waals surface area contributed by atoms with Crippen LogP contribution in [0.2, 0.25) is 0 Å². The summed E-state index contributed by atoms with van der Waals surface area (Å²) < 4.78 is 2.08. The van der Waals surface area contributed by atoms with Gasteiger partial charge in [0.25, 0.3) is 0 Å². The Morgan fingerprint density at radius 1 is 1.20 bits per heavy atom. The number of fused-ring (bicyclic) bond motifs is 3. The Labute approximate surface area is 87.0 Å². The van der Waals surface area contributed by atoms with E-state index in [2.05, 4.69) is 19.5 Å². The normalized spacial score (nSPS) is 11.7. The van der Waals surface area contributed by atoms with Crippen molar-refractivity contribution < 1.29 is 0 Å². The lowest BCUT2D eigenvalue weighted by Gasteiger charge is -1.96. The van der Waals surface area contributed by atoms with Crippen molar-refractivity contribution in [3.05, 3.63) is 23.8 Å². The van der Waals surface area contributed by atoms with Gasteiger partial charge in [0.05, 0.1) is 16.6 Å². The Bertz CT molecular complexity index is 660. The molecule has 0 fully saturated rings. The Morgan fingerprint density at radius 2 is 2.00 bits per heavy atom. The number of rotatable bonds is 0. The molecule has 0 aliphatic heterocycles. The largest absolute Gasteiger partial charge is 0.342 e. The molecule has 4 heteroatoms. The summed E-state index contributed by atoms with van der Waals surface area (Å²) in [7, 11) is 2.02. The van der Waals surface area contributed by atoms with Crippen LogP contribution in [0.25, 0.3) is 22.1 Å². The highest BCUT2D eigenvalue weighted by atomic mass is 15.1. The first-order chi connectivity index (χ1) is 7.16. The van der Waals surface area contributed by atoms with Gasteiger partial charge in [0.1, 0.15) is 17.2 Å². The zero-order valence-corrected chi connectivity index (χ0v) is 9.00. The minimum Gasteiger partial charge on any atom is -0.342 e. The molecule has 0 saturated carbocycles. The highest BCUT2D eigenvalue weighted by Gasteiger charge is 2.10. The van der Waals surface area contributed by atoms with Crippen LogP contribution in [0.3, 0.4) is 0 Å². The smallest absolute Gasteiger partial charge is 0.114 e. The molecule has 0 amide bonds. The Hall–Kier alpha value is -1.84. The van der Waals surface area contributed by atoms with E-state index in [1.165, 1.54) is 0 Å². The molecule has 0 bridgehead atoms. The molecule has 0 unspecified atom stereocenters. The number of aromatic nitrogens is 4. The van der Waals surface area contributed by atoms with Crippen LogP contribution in [0, 0.1) is 13.8 Å². The number of H-pyrrole nitrogens is 1. The fraction of sp³-hybridized carbons (Fsp3) is 0.273. The second-order valence-corrected chi connectivity index (χ2v) is 3.87. The van der Waals surface area contributed by atoms with E-state index in [9.17, 15) is 0 Å². The van der Waals surface area contributed by atoms with Gasteiger partial charge < -0.3 is 9.55 Å². The van der Waals surface area contributed by atoms with Crippen molar-refractivity contribution in [1.82, 2.24) is 19.5 Å². The van der Waals surface area contributed by atoms with Crippen LogP contribution < -0.4 is 0 Å². The lowest BCUT2D eigenvalue weighted by Crippen LogP contribution is -1.90. The molecule has 0 aliphatic rings. The van der Waals surface area contributed by atoms with Gasteiger partial charge in [0.2, 0.25) is 0 Å². The number of hydrogen-bond donors (Lipinski definition) is 1. The minimum absolute atomic E-state index is 0.941. The summed E-state index contributed by atoms with van der Waals surface area (Å²) in [5, 5.41) is 0. The first kappa shape index (κ1) is 8.47. The fourth-order valence-corrected chi connectivity index (χ4v) is 2.01. The first-order valence-electron chi connectivity index (χ1n) is 4.95. The average molecular weight is 200 g/mol. The third-order valence-electron chi connectivity index (χ3n) is 2.83. The number of nitrogens with zero attached hydrogens (tertiary/aromatic N) is 3. The lowest BCUT2D eigenvalue weighted by molar-refractivity contribution is 0.887. The first-order valence-corrected chi connectivity index (χ1v) is 4.95. The molecule has 0 saturated heterocycles. The highest BCUT2D eigenvalue weighted by Crippen LogP contribution is 2.23. The quantitative estimate of drug-likeness (QED) is 0.603. The van der Waals surface area contributed by atoms with Gasteiger partial charge >= 0.3 is 0 Å². The van der Waals surface area contributed by atoms with Gasteiger partial charge in [-0.2, -0.15) is 0 Å². The van der Waals surface area contributed by atoms with Gasteiger partial charge in [-0.3, -0.25) is 0 Å². The summed E-state index contributed by atoms with van der Waals surface area (Å²) in [6.07, 6.45) is 0. The number of aryl methyl sites for hydroxylation is 3. The SMILES string of the molecule is Cc1nc2c(ccc3nc(C)n(C)c32)[nH]1. The van der Waals surface area contributed by atoms with Crippen molar-refractivity contribution in [2.24, 2.45) is 7.05 Å². The van der Waals surface area contributed by atoms with Gasteiger partial charge in [-0.25, -0.2) is 9.97 Å². The second-order valence-electron chi connectivity index (χ2n) is 3.87.